The summed E-state index contributed by atoms with van der Waals surface area (Å²) in [4.78, 5) is 25.8. The van der Waals surface area contributed by atoms with E-state index in [2.05, 4.69) is 15.9 Å². The van der Waals surface area contributed by atoms with Crippen LogP contribution < -0.4 is 0 Å². The summed E-state index contributed by atoms with van der Waals surface area (Å²) in [6, 6.07) is 12.8. The molecule has 1 heterocycles. The predicted octanol–water partition coefficient (Wildman–Crippen LogP) is 3.68. The number of sulfonamides is 1. The van der Waals surface area contributed by atoms with Gasteiger partial charge in [0.15, 0.2) is 0 Å². The van der Waals surface area contributed by atoms with Gasteiger partial charge < -0.3 is 19.5 Å². The lowest BCUT2D eigenvalue weighted by Gasteiger charge is -2.36. The van der Waals surface area contributed by atoms with Gasteiger partial charge in [-0.2, -0.15) is 4.31 Å². The highest BCUT2D eigenvalue weighted by atomic mass is 79.9. The van der Waals surface area contributed by atoms with Crippen molar-refractivity contribution >= 4 is 38.0 Å². The molecule has 0 spiro atoms. The topological polar surface area (TPSA) is 113 Å². The summed E-state index contributed by atoms with van der Waals surface area (Å²) in [5.41, 5.74) is 1.78. The van der Waals surface area contributed by atoms with Gasteiger partial charge in [0.25, 0.3) is 0 Å². The lowest BCUT2D eigenvalue weighted by Crippen LogP contribution is -2.51. The SMILES string of the molecule is COCCOC(=O)N1CCC(C(C(=O)O)N(C)S(=O)(=O)c2ccc(-c3ccc(Br)cc3)cc2)CC1. The fourth-order valence-electron chi connectivity index (χ4n) is 4.13. The van der Waals surface area contributed by atoms with Gasteiger partial charge in [0.05, 0.1) is 11.5 Å². The number of hydrogen-bond acceptors (Lipinski definition) is 6. The van der Waals surface area contributed by atoms with Crippen molar-refractivity contribution in [1.29, 1.82) is 0 Å². The third kappa shape index (κ3) is 6.60. The molecule has 1 saturated heterocycles. The van der Waals surface area contributed by atoms with Crippen LogP contribution in [0.25, 0.3) is 11.1 Å². The predicted molar refractivity (Wildman–Crippen MR) is 133 cm³/mol. The van der Waals surface area contributed by atoms with Gasteiger partial charge >= 0.3 is 12.1 Å². The van der Waals surface area contributed by atoms with E-state index in [-0.39, 0.29) is 31.2 Å². The third-order valence-corrected chi connectivity index (χ3v) is 8.49. The summed E-state index contributed by atoms with van der Waals surface area (Å²) >= 11 is 3.39. The van der Waals surface area contributed by atoms with Gasteiger partial charge in [0.2, 0.25) is 10.0 Å². The molecule has 0 saturated carbocycles. The number of halogens is 1. The molecule has 1 aliphatic heterocycles. The van der Waals surface area contributed by atoms with Crippen LogP contribution in [0.5, 0.6) is 0 Å². The molecule has 35 heavy (non-hydrogen) atoms. The van der Waals surface area contributed by atoms with Crippen molar-refractivity contribution in [3.8, 4) is 11.1 Å². The van der Waals surface area contributed by atoms with Gasteiger partial charge in [0.1, 0.15) is 12.6 Å². The van der Waals surface area contributed by atoms with E-state index >= 15 is 0 Å². The highest BCUT2D eigenvalue weighted by Crippen LogP contribution is 2.29. The molecule has 9 nitrogen and oxygen atoms in total. The van der Waals surface area contributed by atoms with Crippen molar-refractivity contribution in [3.63, 3.8) is 0 Å². The number of ether oxygens (including phenoxy) is 2. The first-order valence-corrected chi connectivity index (χ1v) is 13.4. The zero-order chi connectivity index (χ0) is 25.6. The van der Waals surface area contributed by atoms with Crippen molar-refractivity contribution in [1.82, 2.24) is 9.21 Å². The first-order chi connectivity index (χ1) is 16.6. The lowest BCUT2D eigenvalue weighted by molar-refractivity contribution is -0.143. The largest absolute Gasteiger partial charge is 0.480 e. The molecule has 1 N–H and O–H groups in total. The Kier molecular flexibility index (Phi) is 9.28. The fraction of sp³-hybridized carbons (Fsp3) is 0.417. The van der Waals surface area contributed by atoms with E-state index in [1.54, 1.807) is 12.1 Å². The molecular formula is C24H29BrN2O7S. The molecule has 190 valence electrons. The van der Waals surface area contributed by atoms with Crippen LogP contribution in [0.4, 0.5) is 4.79 Å². The summed E-state index contributed by atoms with van der Waals surface area (Å²) in [5.74, 6) is -1.67. The summed E-state index contributed by atoms with van der Waals surface area (Å²) < 4.78 is 38.4. The Morgan fingerprint density at radius 2 is 1.60 bits per heavy atom. The highest BCUT2D eigenvalue weighted by molar-refractivity contribution is 9.10. The second-order valence-corrected chi connectivity index (χ2v) is 11.2. The van der Waals surface area contributed by atoms with Gasteiger partial charge in [-0.1, -0.05) is 40.2 Å². The van der Waals surface area contributed by atoms with Crippen molar-refractivity contribution in [2.75, 3.05) is 40.5 Å². The van der Waals surface area contributed by atoms with Crippen LogP contribution >= 0.6 is 15.9 Å². The van der Waals surface area contributed by atoms with Gasteiger partial charge in [-0.3, -0.25) is 4.79 Å². The molecule has 1 amide bonds. The molecule has 0 aliphatic carbocycles. The van der Waals surface area contributed by atoms with Gasteiger partial charge in [0, 0.05) is 31.7 Å². The molecule has 2 aromatic carbocycles. The smallest absolute Gasteiger partial charge is 0.409 e. The second-order valence-electron chi connectivity index (χ2n) is 8.27. The number of methoxy groups -OCH3 is 1. The van der Waals surface area contributed by atoms with Crippen LogP contribution in [-0.2, 0) is 24.3 Å². The number of benzene rings is 2. The number of aliphatic carboxylic acids is 1. The summed E-state index contributed by atoms with van der Waals surface area (Å²) in [7, 11) is -1.26. The standard InChI is InChI=1S/C24H29BrN2O7S/c1-26(22(23(28)29)19-11-13-27(14-12-19)24(30)34-16-15-33-2)35(31,32)21-9-5-18(6-10-21)17-3-7-20(25)8-4-17/h3-10,19,22H,11-16H2,1-2H3,(H,28,29). The second kappa shape index (κ2) is 12.0. The average Bonchev–Trinajstić information content (AvgIpc) is 2.85. The molecule has 11 heteroatoms. The molecular weight excluding hydrogens is 540 g/mol. The van der Waals surface area contributed by atoms with E-state index in [0.717, 1.165) is 19.9 Å². The van der Waals surface area contributed by atoms with Gasteiger partial charge in [-0.25, -0.2) is 13.2 Å². The molecule has 0 aromatic heterocycles. The Labute approximate surface area is 213 Å². The number of piperidine rings is 1. The molecule has 0 radical (unpaired) electrons. The van der Waals surface area contributed by atoms with E-state index in [4.69, 9.17) is 9.47 Å². The lowest BCUT2D eigenvalue weighted by atomic mass is 9.89. The maximum Gasteiger partial charge on any atom is 0.409 e. The fourth-order valence-corrected chi connectivity index (χ4v) is 5.77. The minimum Gasteiger partial charge on any atom is -0.480 e. The van der Waals surface area contributed by atoms with Crippen LogP contribution in [0.3, 0.4) is 0 Å². The number of amides is 1. The Hall–Kier alpha value is -2.47. The first-order valence-electron chi connectivity index (χ1n) is 11.1. The van der Waals surface area contributed by atoms with E-state index in [1.165, 1.54) is 31.2 Å². The van der Waals surface area contributed by atoms with Crippen LogP contribution in [0.1, 0.15) is 12.8 Å². The van der Waals surface area contributed by atoms with Crippen LogP contribution in [-0.4, -0.2) is 81.3 Å². The first kappa shape index (κ1) is 27.1. The van der Waals surface area contributed by atoms with Gasteiger partial charge in [-0.15, -0.1) is 0 Å². The third-order valence-electron chi connectivity index (χ3n) is 6.11. The number of likely N-dealkylation sites (tertiary alicyclic amines) is 1. The quantitative estimate of drug-likeness (QED) is 0.459. The highest BCUT2D eigenvalue weighted by Gasteiger charge is 2.40. The van der Waals surface area contributed by atoms with Crippen molar-refractivity contribution in [2.24, 2.45) is 5.92 Å². The normalized spacial score (nSPS) is 15.7. The van der Waals surface area contributed by atoms with Crippen LogP contribution in [0, 0.1) is 5.92 Å². The minimum absolute atomic E-state index is 0.0197. The summed E-state index contributed by atoms with van der Waals surface area (Å²) in [6.07, 6.45) is 0.205. The van der Waals surface area contributed by atoms with Crippen molar-refractivity contribution < 1.29 is 32.6 Å². The summed E-state index contributed by atoms with van der Waals surface area (Å²) in [5, 5.41) is 9.91. The molecule has 1 fully saturated rings. The van der Waals surface area contributed by atoms with Crippen molar-refractivity contribution in [2.45, 2.75) is 23.8 Å². The van der Waals surface area contributed by atoms with Crippen LogP contribution in [0.15, 0.2) is 57.9 Å². The Bertz CT molecular complexity index is 1120. The van der Waals surface area contributed by atoms with Crippen LogP contribution in [0.2, 0.25) is 0 Å². The average molecular weight is 569 g/mol. The Balaban J connectivity index is 1.70. The molecule has 1 aliphatic rings. The van der Waals surface area contributed by atoms with E-state index in [1.807, 2.05) is 24.3 Å². The maximum absolute atomic E-state index is 13.3. The van der Waals surface area contributed by atoms with E-state index in [9.17, 15) is 23.1 Å². The van der Waals surface area contributed by atoms with Crippen molar-refractivity contribution in [3.05, 3.63) is 53.0 Å². The number of carboxylic acids is 1. The maximum atomic E-state index is 13.3. The zero-order valence-electron chi connectivity index (χ0n) is 19.6. The molecule has 1 atom stereocenters. The molecule has 1 unspecified atom stereocenters. The van der Waals surface area contributed by atoms with Gasteiger partial charge in [-0.05, 0) is 54.2 Å². The van der Waals surface area contributed by atoms with E-state index < -0.39 is 34.0 Å². The Morgan fingerprint density at radius 1 is 1.06 bits per heavy atom. The van der Waals surface area contributed by atoms with E-state index in [0.29, 0.717) is 12.8 Å². The monoisotopic (exact) mass is 568 g/mol. The molecule has 0 bridgehead atoms. The molecule has 2 aromatic rings. The number of carbonyl (C=O) groups excluding carboxylic acids is 1. The number of hydrogen-bond donors (Lipinski definition) is 1. The summed E-state index contributed by atoms with van der Waals surface area (Å²) in [6.45, 7) is 0.997. The Morgan fingerprint density at radius 3 is 2.11 bits per heavy atom. The number of carbonyl (C=O) groups is 2. The zero-order valence-corrected chi connectivity index (χ0v) is 22.0. The number of rotatable bonds is 9. The minimum atomic E-state index is -4.06. The molecule has 3 rings (SSSR count). The number of nitrogens with zero attached hydrogens (tertiary/aromatic N) is 2. The number of likely N-dealkylation sites (N-methyl/N-ethyl adjacent to an activating group) is 1. The number of carboxylic acid groups (broad SMARTS) is 1.